The Hall–Kier alpha value is -1.24. The minimum absolute atomic E-state index is 0.514. The zero-order valence-corrected chi connectivity index (χ0v) is 6.52. The lowest BCUT2D eigenvalue weighted by Gasteiger charge is -2.03. The van der Waals surface area contributed by atoms with Crippen LogP contribution in [-0.2, 0) is 0 Å². The average Bonchev–Trinajstić information content (AvgIpc) is 1.95. The van der Waals surface area contributed by atoms with Crippen LogP contribution in [0.3, 0.4) is 0 Å². The van der Waals surface area contributed by atoms with Gasteiger partial charge in [0.15, 0.2) is 5.71 Å². The molecule has 0 aliphatic rings. The molecule has 0 N–H and O–H groups in total. The lowest BCUT2D eigenvalue weighted by Crippen LogP contribution is -2.20. The maximum Gasteiger partial charge on any atom is 0.434 e. The molecule has 0 aromatic carbocycles. The number of allylic oxidation sites excluding steroid dienone is 2. The summed E-state index contributed by atoms with van der Waals surface area (Å²) >= 11 is 0. The Morgan fingerprint density at radius 1 is 1.58 bits per heavy atom. The molecule has 1 nitrogen and oxygen atoms in total. The van der Waals surface area contributed by atoms with Crippen molar-refractivity contribution in [2.24, 2.45) is 4.99 Å². The largest absolute Gasteiger partial charge is 0.434 e. The highest BCUT2D eigenvalue weighted by Gasteiger charge is 2.33. The summed E-state index contributed by atoms with van der Waals surface area (Å²) in [7, 11) is 0. The molecule has 0 atom stereocenters. The standard InChI is InChI=1S/C8H8F3N/c1-3-5-6-7(12-4-2)8(9,10)11/h2,5-6H,3H2,1H3/b6-5-,12-7+. The lowest BCUT2D eigenvalue weighted by atomic mass is 10.3. The van der Waals surface area contributed by atoms with Gasteiger partial charge in [0.05, 0.1) is 0 Å². The number of terminal acetylenes is 1. The molecule has 12 heavy (non-hydrogen) atoms. The van der Waals surface area contributed by atoms with Crippen LogP contribution >= 0.6 is 0 Å². The first kappa shape index (κ1) is 10.8. The zero-order valence-electron chi connectivity index (χ0n) is 6.52. The number of rotatable bonds is 2. The van der Waals surface area contributed by atoms with Crippen LogP contribution < -0.4 is 0 Å². The van der Waals surface area contributed by atoms with Crippen molar-refractivity contribution in [3.05, 3.63) is 12.2 Å². The first-order valence-electron chi connectivity index (χ1n) is 3.29. The van der Waals surface area contributed by atoms with Crippen LogP contribution in [0.25, 0.3) is 0 Å². The number of alkyl halides is 3. The van der Waals surface area contributed by atoms with Gasteiger partial charge in [0.25, 0.3) is 0 Å². The molecule has 66 valence electrons. The van der Waals surface area contributed by atoms with E-state index in [-0.39, 0.29) is 0 Å². The molecule has 0 radical (unpaired) electrons. The average molecular weight is 175 g/mol. The fourth-order valence-corrected chi connectivity index (χ4v) is 0.494. The van der Waals surface area contributed by atoms with E-state index in [9.17, 15) is 13.2 Å². The molecule has 0 saturated carbocycles. The summed E-state index contributed by atoms with van der Waals surface area (Å²) in [5.41, 5.74) is -1.04. The minimum atomic E-state index is -4.46. The monoisotopic (exact) mass is 175 g/mol. The van der Waals surface area contributed by atoms with Gasteiger partial charge >= 0.3 is 6.18 Å². The highest BCUT2D eigenvalue weighted by atomic mass is 19.4. The number of aliphatic imine (C=N–C) groups is 1. The van der Waals surface area contributed by atoms with Crippen molar-refractivity contribution in [3.63, 3.8) is 0 Å². The Labute approximate surface area is 69.0 Å². The van der Waals surface area contributed by atoms with Crippen LogP contribution in [0.4, 0.5) is 13.2 Å². The van der Waals surface area contributed by atoms with Crippen LogP contribution in [0, 0.1) is 12.5 Å². The fourth-order valence-electron chi connectivity index (χ4n) is 0.494. The van der Waals surface area contributed by atoms with Gasteiger partial charge in [-0.2, -0.15) is 18.2 Å². The van der Waals surface area contributed by atoms with E-state index in [1.165, 1.54) is 6.08 Å². The van der Waals surface area contributed by atoms with E-state index in [1.54, 1.807) is 13.0 Å². The maximum atomic E-state index is 12.0. The highest BCUT2D eigenvalue weighted by molar-refractivity contribution is 6.00. The normalized spacial score (nSPS) is 13.4. The molecule has 0 spiro atoms. The van der Waals surface area contributed by atoms with E-state index in [0.717, 1.165) is 6.08 Å². The maximum absolute atomic E-state index is 12.0. The summed E-state index contributed by atoms with van der Waals surface area (Å²) in [5.74, 6) is 0. The van der Waals surface area contributed by atoms with Gasteiger partial charge in [-0.1, -0.05) is 19.4 Å². The van der Waals surface area contributed by atoms with Gasteiger partial charge in [-0.15, -0.1) is 0 Å². The first-order chi connectivity index (χ1) is 5.52. The van der Waals surface area contributed by atoms with Crippen LogP contribution in [0.15, 0.2) is 17.1 Å². The van der Waals surface area contributed by atoms with E-state index in [2.05, 4.69) is 11.4 Å². The molecule has 0 fully saturated rings. The number of nitrogens with zero attached hydrogens (tertiary/aromatic N) is 1. The summed E-state index contributed by atoms with van der Waals surface area (Å²) < 4.78 is 35.9. The van der Waals surface area contributed by atoms with Gasteiger partial charge in [-0.3, -0.25) is 0 Å². The van der Waals surface area contributed by atoms with Crippen molar-refractivity contribution < 1.29 is 13.2 Å². The highest BCUT2D eigenvalue weighted by Crippen LogP contribution is 2.18. The van der Waals surface area contributed by atoms with E-state index in [1.807, 2.05) is 0 Å². The van der Waals surface area contributed by atoms with Crippen molar-refractivity contribution in [1.29, 1.82) is 0 Å². The lowest BCUT2D eigenvalue weighted by molar-refractivity contribution is -0.0576. The summed E-state index contributed by atoms with van der Waals surface area (Å²) in [5, 5.41) is 0. The predicted molar refractivity (Wildman–Crippen MR) is 41.8 cm³/mol. The third kappa shape index (κ3) is 3.81. The third-order valence-electron chi connectivity index (χ3n) is 0.987. The van der Waals surface area contributed by atoms with Gasteiger partial charge in [0, 0.05) is 6.04 Å². The SMILES string of the molecule is C#C/N=C(\C=C/CC)C(F)(F)F. The molecular formula is C8H8F3N. The molecule has 0 rings (SSSR count). The van der Waals surface area contributed by atoms with Crippen LogP contribution in [-0.4, -0.2) is 11.9 Å². The zero-order chi connectivity index (χ0) is 9.61. The third-order valence-corrected chi connectivity index (χ3v) is 0.987. The van der Waals surface area contributed by atoms with E-state index >= 15 is 0 Å². The molecule has 0 saturated heterocycles. The summed E-state index contributed by atoms with van der Waals surface area (Å²) in [6.45, 7) is 1.72. The molecule has 0 amide bonds. The number of halogens is 3. The first-order valence-corrected chi connectivity index (χ1v) is 3.29. The summed E-state index contributed by atoms with van der Waals surface area (Å²) in [6, 6.07) is 1.60. The second-order valence-electron chi connectivity index (χ2n) is 1.93. The number of hydrogen-bond acceptors (Lipinski definition) is 1. The van der Waals surface area contributed by atoms with Crippen molar-refractivity contribution in [3.8, 4) is 12.5 Å². The Morgan fingerprint density at radius 3 is 2.50 bits per heavy atom. The molecule has 0 aromatic heterocycles. The Bertz CT molecular complexity index is 230. The topological polar surface area (TPSA) is 12.4 Å². The molecule has 4 heteroatoms. The van der Waals surface area contributed by atoms with Crippen molar-refractivity contribution >= 4 is 5.71 Å². The van der Waals surface area contributed by atoms with Gasteiger partial charge in [-0.25, -0.2) is 0 Å². The van der Waals surface area contributed by atoms with E-state index in [4.69, 9.17) is 0 Å². The van der Waals surface area contributed by atoms with Gasteiger partial charge in [0.2, 0.25) is 0 Å². The Balaban J connectivity index is 4.61. The van der Waals surface area contributed by atoms with Gasteiger partial charge in [0.1, 0.15) is 0 Å². The van der Waals surface area contributed by atoms with Crippen molar-refractivity contribution in [2.75, 3.05) is 0 Å². The van der Waals surface area contributed by atoms with Crippen LogP contribution in [0.1, 0.15) is 13.3 Å². The molecule has 0 aliphatic carbocycles. The van der Waals surface area contributed by atoms with Gasteiger partial charge in [-0.05, 0) is 12.5 Å². The molecular weight excluding hydrogens is 167 g/mol. The minimum Gasteiger partial charge on any atom is -0.193 e. The van der Waals surface area contributed by atoms with E-state index < -0.39 is 11.9 Å². The van der Waals surface area contributed by atoms with Gasteiger partial charge < -0.3 is 0 Å². The number of hydrogen-bond donors (Lipinski definition) is 0. The fraction of sp³-hybridized carbons (Fsp3) is 0.375. The molecule has 0 aliphatic heterocycles. The second kappa shape index (κ2) is 4.60. The van der Waals surface area contributed by atoms with Crippen LogP contribution in [0.2, 0.25) is 0 Å². The van der Waals surface area contributed by atoms with Crippen molar-refractivity contribution in [1.82, 2.24) is 0 Å². The van der Waals surface area contributed by atoms with Crippen LogP contribution in [0.5, 0.6) is 0 Å². The smallest absolute Gasteiger partial charge is 0.193 e. The van der Waals surface area contributed by atoms with Crippen molar-refractivity contribution in [2.45, 2.75) is 19.5 Å². The molecule has 0 unspecified atom stereocenters. The Morgan fingerprint density at radius 2 is 2.17 bits per heavy atom. The van der Waals surface area contributed by atoms with E-state index in [0.29, 0.717) is 6.42 Å². The predicted octanol–water partition coefficient (Wildman–Crippen LogP) is 2.55. The molecule has 0 heterocycles. The summed E-state index contributed by atoms with van der Waals surface area (Å²) in [4.78, 5) is 2.87. The quantitative estimate of drug-likeness (QED) is 0.451. The molecule has 0 aromatic rings. The Kier molecular flexibility index (Phi) is 4.12. The second-order valence-corrected chi connectivity index (χ2v) is 1.93. The summed E-state index contributed by atoms with van der Waals surface area (Å²) in [6.07, 6.45) is 2.91. The molecule has 0 bridgehead atoms.